The molecule has 0 heterocycles. The van der Waals surface area contributed by atoms with E-state index in [4.69, 9.17) is 25.8 Å². The fourth-order valence-corrected chi connectivity index (χ4v) is 2.68. The van der Waals surface area contributed by atoms with Gasteiger partial charge in [-0.15, -0.1) is 0 Å². The number of carboxylic acids is 1. The lowest BCUT2D eigenvalue weighted by atomic mass is 10.1. The lowest BCUT2D eigenvalue weighted by Gasteiger charge is -2.14. The standard InChI is InChI=1S/C13H12ClNO5S/c14-21(18,19)9-1-2-11(10(7-9)12(16)17)20-8-13(3-4-13)5-6-15/h1-2,7H,3-5,8H2,(H,16,17). The molecule has 1 saturated carbocycles. The summed E-state index contributed by atoms with van der Waals surface area (Å²) in [5.41, 5.74) is -0.480. The van der Waals surface area contributed by atoms with Gasteiger partial charge in [0.2, 0.25) is 0 Å². The van der Waals surface area contributed by atoms with Crippen LogP contribution in [0.5, 0.6) is 5.75 Å². The van der Waals surface area contributed by atoms with E-state index in [1.54, 1.807) is 0 Å². The zero-order valence-electron chi connectivity index (χ0n) is 10.9. The van der Waals surface area contributed by atoms with E-state index in [-0.39, 0.29) is 28.2 Å². The Labute approximate surface area is 126 Å². The molecule has 0 unspecified atom stereocenters. The summed E-state index contributed by atoms with van der Waals surface area (Å²) < 4.78 is 27.9. The molecule has 0 radical (unpaired) electrons. The fourth-order valence-electron chi connectivity index (χ4n) is 1.90. The van der Waals surface area contributed by atoms with Gasteiger partial charge >= 0.3 is 5.97 Å². The van der Waals surface area contributed by atoms with Crippen LogP contribution in [0.3, 0.4) is 0 Å². The van der Waals surface area contributed by atoms with Gasteiger partial charge in [0.25, 0.3) is 9.05 Å². The van der Waals surface area contributed by atoms with E-state index < -0.39 is 15.0 Å². The molecule has 1 aromatic rings. The van der Waals surface area contributed by atoms with E-state index in [9.17, 15) is 13.2 Å². The highest BCUT2D eigenvalue weighted by Gasteiger charge is 2.43. The Hall–Kier alpha value is -1.78. The minimum atomic E-state index is -4.00. The molecule has 2 rings (SSSR count). The summed E-state index contributed by atoms with van der Waals surface area (Å²) in [6.07, 6.45) is 2.07. The molecule has 0 spiro atoms. The molecule has 1 aliphatic rings. The molecule has 0 atom stereocenters. The Balaban J connectivity index is 2.24. The van der Waals surface area contributed by atoms with Crippen LogP contribution in [-0.4, -0.2) is 26.1 Å². The largest absolute Gasteiger partial charge is 0.492 e. The first-order valence-electron chi connectivity index (χ1n) is 6.09. The number of nitrogens with zero attached hydrogens (tertiary/aromatic N) is 1. The summed E-state index contributed by atoms with van der Waals surface area (Å²) in [6, 6.07) is 5.50. The Morgan fingerprint density at radius 3 is 2.62 bits per heavy atom. The first kappa shape index (κ1) is 15.6. The van der Waals surface area contributed by atoms with Crippen LogP contribution in [-0.2, 0) is 9.05 Å². The highest BCUT2D eigenvalue weighted by Crippen LogP contribution is 2.48. The van der Waals surface area contributed by atoms with Crippen LogP contribution < -0.4 is 4.74 Å². The van der Waals surface area contributed by atoms with Crippen LogP contribution in [0.25, 0.3) is 0 Å². The second kappa shape index (κ2) is 5.54. The van der Waals surface area contributed by atoms with Crippen LogP contribution in [0.1, 0.15) is 29.6 Å². The topological polar surface area (TPSA) is 104 Å². The van der Waals surface area contributed by atoms with Gasteiger partial charge in [-0.25, -0.2) is 13.2 Å². The number of benzene rings is 1. The highest BCUT2D eigenvalue weighted by atomic mass is 35.7. The van der Waals surface area contributed by atoms with Crippen molar-refractivity contribution >= 4 is 25.7 Å². The third kappa shape index (κ3) is 3.65. The number of hydrogen-bond donors (Lipinski definition) is 1. The molecule has 112 valence electrons. The minimum Gasteiger partial charge on any atom is -0.492 e. The van der Waals surface area contributed by atoms with Crippen molar-refractivity contribution in [1.29, 1.82) is 5.26 Å². The van der Waals surface area contributed by atoms with Gasteiger partial charge in [0.05, 0.1) is 17.6 Å². The van der Waals surface area contributed by atoms with E-state index in [0.717, 1.165) is 18.9 Å². The number of ether oxygens (including phenoxy) is 1. The Morgan fingerprint density at radius 1 is 1.48 bits per heavy atom. The van der Waals surface area contributed by atoms with Crippen molar-refractivity contribution in [2.24, 2.45) is 5.41 Å². The van der Waals surface area contributed by atoms with Gasteiger partial charge in [-0.2, -0.15) is 5.26 Å². The van der Waals surface area contributed by atoms with Crippen molar-refractivity contribution in [3.8, 4) is 11.8 Å². The monoisotopic (exact) mass is 329 g/mol. The molecule has 0 aliphatic heterocycles. The number of carbonyl (C=O) groups is 1. The Morgan fingerprint density at radius 2 is 2.14 bits per heavy atom. The fraction of sp³-hybridized carbons (Fsp3) is 0.385. The predicted molar refractivity (Wildman–Crippen MR) is 73.8 cm³/mol. The van der Waals surface area contributed by atoms with E-state index in [0.29, 0.717) is 6.42 Å². The normalized spacial score (nSPS) is 16.0. The molecule has 1 fully saturated rings. The van der Waals surface area contributed by atoms with Gasteiger partial charge in [-0.05, 0) is 31.0 Å². The van der Waals surface area contributed by atoms with Gasteiger partial charge < -0.3 is 9.84 Å². The predicted octanol–water partition coefficient (Wildman–Crippen LogP) is 2.38. The number of hydrogen-bond acceptors (Lipinski definition) is 5. The van der Waals surface area contributed by atoms with Crippen molar-refractivity contribution in [3.63, 3.8) is 0 Å². The van der Waals surface area contributed by atoms with Crippen molar-refractivity contribution in [1.82, 2.24) is 0 Å². The molecule has 0 amide bonds. The molecule has 0 aromatic heterocycles. The summed E-state index contributed by atoms with van der Waals surface area (Å²) in [5.74, 6) is -1.24. The van der Waals surface area contributed by atoms with Crippen molar-refractivity contribution in [2.45, 2.75) is 24.2 Å². The molecule has 0 saturated heterocycles. The quantitative estimate of drug-likeness (QED) is 0.803. The highest BCUT2D eigenvalue weighted by molar-refractivity contribution is 8.13. The number of nitriles is 1. The summed E-state index contributed by atoms with van der Waals surface area (Å²) in [4.78, 5) is 10.9. The SMILES string of the molecule is N#CCC1(COc2ccc(S(=O)(=O)Cl)cc2C(=O)O)CC1. The number of rotatable bonds is 6. The van der Waals surface area contributed by atoms with E-state index in [1.165, 1.54) is 12.1 Å². The van der Waals surface area contributed by atoms with E-state index in [1.807, 2.05) is 0 Å². The first-order chi connectivity index (χ1) is 9.77. The molecule has 21 heavy (non-hydrogen) atoms. The van der Waals surface area contributed by atoms with Crippen molar-refractivity contribution in [3.05, 3.63) is 23.8 Å². The van der Waals surface area contributed by atoms with E-state index in [2.05, 4.69) is 6.07 Å². The molecule has 1 aromatic carbocycles. The van der Waals surface area contributed by atoms with Crippen LogP contribution in [0, 0.1) is 16.7 Å². The van der Waals surface area contributed by atoms with Crippen LogP contribution in [0.2, 0.25) is 0 Å². The molecule has 0 bridgehead atoms. The number of carboxylic acid groups (broad SMARTS) is 1. The molecule has 1 aliphatic carbocycles. The second-order valence-electron chi connectivity index (χ2n) is 5.02. The molecular formula is C13H12ClNO5S. The van der Waals surface area contributed by atoms with Crippen LogP contribution in [0.4, 0.5) is 0 Å². The summed E-state index contributed by atoms with van der Waals surface area (Å²) in [5, 5.41) is 17.9. The second-order valence-corrected chi connectivity index (χ2v) is 7.59. The summed E-state index contributed by atoms with van der Waals surface area (Å²) >= 11 is 0. The first-order valence-corrected chi connectivity index (χ1v) is 8.40. The molecular weight excluding hydrogens is 318 g/mol. The lowest BCUT2D eigenvalue weighted by molar-refractivity contribution is 0.0690. The zero-order chi connectivity index (χ0) is 15.7. The Bertz CT molecular complexity index is 719. The number of halogens is 1. The maximum absolute atomic E-state index is 11.2. The third-order valence-corrected chi connectivity index (χ3v) is 4.76. The average molecular weight is 330 g/mol. The van der Waals surface area contributed by atoms with Gasteiger partial charge in [0, 0.05) is 22.5 Å². The van der Waals surface area contributed by atoms with Gasteiger partial charge in [0.15, 0.2) is 0 Å². The summed E-state index contributed by atoms with van der Waals surface area (Å²) in [7, 11) is 1.19. The number of aromatic carboxylic acids is 1. The summed E-state index contributed by atoms with van der Waals surface area (Å²) in [6.45, 7) is 0.230. The lowest BCUT2D eigenvalue weighted by Crippen LogP contribution is -2.14. The van der Waals surface area contributed by atoms with Crippen LogP contribution >= 0.6 is 10.7 Å². The zero-order valence-corrected chi connectivity index (χ0v) is 12.4. The van der Waals surface area contributed by atoms with E-state index >= 15 is 0 Å². The maximum atomic E-state index is 11.2. The maximum Gasteiger partial charge on any atom is 0.339 e. The van der Waals surface area contributed by atoms with Gasteiger partial charge in [-0.1, -0.05) is 0 Å². The molecule has 1 N–H and O–H groups in total. The third-order valence-electron chi connectivity index (χ3n) is 3.41. The van der Waals surface area contributed by atoms with Gasteiger partial charge in [0.1, 0.15) is 11.3 Å². The molecule has 6 nitrogen and oxygen atoms in total. The van der Waals surface area contributed by atoms with Crippen molar-refractivity contribution in [2.75, 3.05) is 6.61 Å². The van der Waals surface area contributed by atoms with Gasteiger partial charge in [-0.3, -0.25) is 0 Å². The average Bonchev–Trinajstić information content (AvgIpc) is 3.15. The smallest absolute Gasteiger partial charge is 0.339 e. The Kier molecular flexibility index (Phi) is 4.12. The van der Waals surface area contributed by atoms with Crippen LogP contribution in [0.15, 0.2) is 23.1 Å². The minimum absolute atomic E-state index is 0.0655. The molecule has 8 heteroatoms. The van der Waals surface area contributed by atoms with Crippen molar-refractivity contribution < 1.29 is 23.1 Å².